The van der Waals surface area contributed by atoms with Gasteiger partial charge in [0.1, 0.15) is 5.82 Å². The lowest BCUT2D eigenvalue weighted by molar-refractivity contribution is 0.206. The van der Waals surface area contributed by atoms with E-state index in [1.54, 1.807) is 29.0 Å². The number of aryl methyl sites for hydroxylation is 1. The first-order valence-electron chi connectivity index (χ1n) is 7.05. The Kier molecular flexibility index (Phi) is 4.98. The maximum Gasteiger partial charge on any atom is 0.317 e. The molecule has 0 aromatic carbocycles. The Hall–Kier alpha value is -2.57. The van der Waals surface area contributed by atoms with Crippen molar-refractivity contribution in [3.63, 3.8) is 0 Å². The van der Waals surface area contributed by atoms with Crippen LogP contribution in [0.15, 0.2) is 30.7 Å². The van der Waals surface area contributed by atoms with Gasteiger partial charge in [0.15, 0.2) is 0 Å². The quantitative estimate of drug-likeness (QED) is 0.902. The second kappa shape index (κ2) is 6.93. The number of nitrogens with zero attached hydrogens (tertiary/aromatic N) is 5. The second-order valence-electron chi connectivity index (χ2n) is 5.42. The van der Waals surface area contributed by atoms with Gasteiger partial charge in [-0.05, 0) is 6.07 Å². The number of rotatable bonds is 5. The molecule has 0 saturated heterocycles. The molecular formula is C15H22N6O. The summed E-state index contributed by atoms with van der Waals surface area (Å²) in [5.74, 6) is 0.859. The molecule has 0 radical (unpaired) electrons. The van der Waals surface area contributed by atoms with Crippen LogP contribution in [0.25, 0.3) is 0 Å². The fraction of sp³-hybridized carbons (Fsp3) is 0.400. The third-order valence-corrected chi connectivity index (χ3v) is 3.25. The van der Waals surface area contributed by atoms with Gasteiger partial charge in [0.05, 0.1) is 12.7 Å². The van der Waals surface area contributed by atoms with Crippen molar-refractivity contribution in [2.75, 3.05) is 26.0 Å². The zero-order chi connectivity index (χ0) is 16.1. The van der Waals surface area contributed by atoms with Crippen LogP contribution in [0, 0.1) is 0 Å². The van der Waals surface area contributed by atoms with E-state index in [1.165, 1.54) is 0 Å². The van der Waals surface area contributed by atoms with E-state index in [0.717, 1.165) is 16.9 Å². The molecule has 1 N–H and O–H groups in total. The lowest BCUT2D eigenvalue weighted by Crippen LogP contribution is -2.36. The normalized spacial score (nSPS) is 10.4. The summed E-state index contributed by atoms with van der Waals surface area (Å²) in [6, 6.07) is 3.70. The number of hydrogen-bond donors (Lipinski definition) is 1. The first kappa shape index (κ1) is 15.8. The van der Waals surface area contributed by atoms with E-state index >= 15 is 0 Å². The first-order chi connectivity index (χ1) is 10.5. The van der Waals surface area contributed by atoms with E-state index in [4.69, 9.17) is 0 Å². The summed E-state index contributed by atoms with van der Waals surface area (Å²) in [5.41, 5.74) is 1.98. The first-order valence-corrected chi connectivity index (χ1v) is 7.05. The number of nitrogens with one attached hydrogen (secondary N) is 1. The van der Waals surface area contributed by atoms with Gasteiger partial charge in [-0.3, -0.25) is 4.68 Å². The molecule has 0 spiro atoms. The zero-order valence-corrected chi connectivity index (χ0v) is 13.4. The predicted molar refractivity (Wildman–Crippen MR) is 85.5 cm³/mol. The highest BCUT2D eigenvalue weighted by molar-refractivity contribution is 5.74. The summed E-state index contributed by atoms with van der Waals surface area (Å²) in [7, 11) is 7.48. The van der Waals surface area contributed by atoms with Gasteiger partial charge in [-0.15, -0.1) is 0 Å². The van der Waals surface area contributed by atoms with Crippen LogP contribution in [0.1, 0.15) is 11.1 Å². The standard InChI is InChI=1S/C15H22N6O/c1-19(2)14-13(6-5-7-16-14)9-17-15(22)20(3)10-12-8-18-21(4)11-12/h5-8,11H,9-10H2,1-4H3,(H,17,22). The predicted octanol–water partition coefficient (Wildman–Crippen LogP) is 1.22. The van der Waals surface area contributed by atoms with Gasteiger partial charge in [-0.25, -0.2) is 9.78 Å². The van der Waals surface area contributed by atoms with Gasteiger partial charge < -0.3 is 15.1 Å². The second-order valence-corrected chi connectivity index (χ2v) is 5.42. The molecule has 118 valence electrons. The van der Waals surface area contributed by atoms with Crippen molar-refractivity contribution in [3.05, 3.63) is 41.9 Å². The average Bonchev–Trinajstić information content (AvgIpc) is 2.90. The van der Waals surface area contributed by atoms with E-state index in [-0.39, 0.29) is 6.03 Å². The molecule has 7 nitrogen and oxygen atoms in total. The fourth-order valence-electron chi connectivity index (χ4n) is 2.18. The topological polar surface area (TPSA) is 66.3 Å². The van der Waals surface area contributed by atoms with Crippen molar-refractivity contribution in [2.45, 2.75) is 13.1 Å². The maximum absolute atomic E-state index is 12.2. The number of urea groups is 1. The number of aromatic nitrogens is 3. The number of hydrogen-bond acceptors (Lipinski definition) is 4. The minimum atomic E-state index is -0.127. The Morgan fingerprint density at radius 2 is 2.14 bits per heavy atom. The monoisotopic (exact) mass is 302 g/mol. The number of amides is 2. The minimum Gasteiger partial charge on any atom is -0.362 e. The Labute approximate surface area is 130 Å². The summed E-state index contributed by atoms with van der Waals surface area (Å²) in [4.78, 5) is 20.0. The van der Waals surface area contributed by atoms with Crippen molar-refractivity contribution < 1.29 is 4.79 Å². The van der Waals surface area contributed by atoms with Crippen molar-refractivity contribution >= 4 is 11.8 Å². The smallest absolute Gasteiger partial charge is 0.317 e. The van der Waals surface area contributed by atoms with Crippen molar-refractivity contribution in [2.24, 2.45) is 7.05 Å². The molecule has 0 saturated carbocycles. The molecule has 2 aromatic heterocycles. The van der Waals surface area contributed by atoms with Crippen LogP contribution >= 0.6 is 0 Å². The van der Waals surface area contributed by atoms with Crippen LogP contribution in [0.3, 0.4) is 0 Å². The fourth-order valence-corrected chi connectivity index (χ4v) is 2.18. The van der Waals surface area contributed by atoms with Crippen LogP contribution < -0.4 is 10.2 Å². The van der Waals surface area contributed by atoms with Crippen LogP contribution in [0.4, 0.5) is 10.6 Å². The summed E-state index contributed by atoms with van der Waals surface area (Å²) in [5, 5.41) is 7.01. The highest BCUT2D eigenvalue weighted by Gasteiger charge is 2.11. The van der Waals surface area contributed by atoms with Gasteiger partial charge in [0.2, 0.25) is 0 Å². The number of carbonyl (C=O) groups excluding carboxylic acids is 1. The highest BCUT2D eigenvalue weighted by atomic mass is 16.2. The Bertz CT molecular complexity index is 636. The Morgan fingerprint density at radius 1 is 1.36 bits per heavy atom. The molecule has 0 aliphatic carbocycles. The van der Waals surface area contributed by atoms with Gasteiger partial charge in [0.25, 0.3) is 0 Å². The van der Waals surface area contributed by atoms with E-state index in [0.29, 0.717) is 13.1 Å². The molecule has 2 aromatic rings. The number of pyridine rings is 1. The molecule has 0 unspecified atom stereocenters. The van der Waals surface area contributed by atoms with Crippen molar-refractivity contribution in [3.8, 4) is 0 Å². The van der Waals surface area contributed by atoms with E-state index in [1.807, 2.05) is 44.4 Å². The summed E-state index contributed by atoms with van der Waals surface area (Å²) in [6.45, 7) is 0.963. The molecule has 0 bridgehead atoms. The van der Waals surface area contributed by atoms with E-state index < -0.39 is 0 Å². The summed E-state index contributed by atoms with van der Waals surface area (Å²) in [6.07, 6.45) is 5.40. The molecule has 2 rings (SSSR count). The SMILES string of the molecule is CN(Cc1cnn(C)c1)C(=O)NCc1cccnc1N(C)C. The van der Waals surface area contributed by atoms with Crippen molar-refractivity contribution in [1.82, 2.24) is 25.0 Å². The molecule has 0 atom stereocenters. The van der Waals surface area contributed by atoms with E-state index in [2.05, 4.69) is 15.4 Å². The number of carbonyl (C=O) groups is 1. The molecule has 0 fully saturated rings. The van der Waals surface area contributed by atoms with Gasteiger partial charge in [-0.2, -0.15) is 5.10 Å². The number of anilines is 1. The molecular weight excluding hydrogens is 280 g/mol. The Balaban J connectivity index is 1.92. The van der Waals surface area contributed by atoms with Crippen LogP contribution in [-0.4, -0.2) is 46.8 Å². The molecule has 7 heteroatoms. The van der Waals surface area contributed by atoms with Crippen LogP contribution in [-0.2, 0) is 20.1 Å². The van der Waals surface area contributed by atoms with Gasteiger partial charge in [-0.1, -0.05) is 6.07 Å². The lowest BCUT2D eigenvalue weighted by Gasteiger charge is -2.19. The van der Waals surface area contributed by atoms with Gasteiger partial charge >= 0.3 is 6.03 Å². The largest absolute Gasteiger partial charge is 0.362 e. The molecule has 2 heterocycles. The molecule has 22 heavy (non-hydrogen) atoms. The molecule has 0 aliphatic heterocycles. The van der Waals surface area contributed by atoms with Crippen LogP contribution in [0.5, 0.6) is 0 Å². The van der Waals surface area contributed by atoms with E-state index in [9.17, 15) is 4.79 Å². The minimum absolute atomic E-state index is 0.127. The molecule has 2 amide bonds. The third-order valence-electron chi connectivity index (χ3n) is 3.25. The van der Waals surface area contributed by atoms with Crippen LogP contribution in [0.2, 0.25) is 0 Å². The Morgan fingerprint density at radius 3 is 2.77 bits per heavy atom. The average molecular weight is 302 g/mol. The lowest BCUT2D eigenvalue weighted by atomic mass is 10.2. The zero-order valence-electron chi connectivity index (χ0n) is 13.4. The highest BCUT2D eigenvalue weighted by Crippen LogP contribution is 2.14. The third kappa shape index (κ3) is 3.97. The maximum atomic E-state index is 12.2. The van der Waals surface area contributed by atoms with Crippen molar-refractivity contribution in [1.29, 1.82) is 0 Å². The summed E-state index contributed by atoms with van der Waals surface area (Å²) < 4.78 is 1.72. The van der Waals surface area contributed by atoms with Gasteiger partial charge in [0, 0.05) is 58.3 Å². The summed E-state index contributed by atoms with van der Waals surface area (Å²) >= 11 is 0. The molecule has 0 aliphatic rings.